The third kappa shape index (κ3) is 2.57. The number of likely N-dealkylation sites (tertiary alicyclic amines) is 1. The van der Waals surface area contributed by atoms with Gasteiger partial charge in [0.2, 0.25) is 0 Å². The first-order chi connectivity index (χ1) is 9.79. The summed E-state index contributed by atoms with van der Waals surface area (Å²) >= 11 is 3.54. The number of rotatable bonds is 2. The maximum atomic E-state index is 12.8. The monoisotopic (exact) mass is 332 g/mol. The molecule has 1 aromatic carbocycles. The number of hydrogen-bond acceptors (Lipinski definition) is 2. The Morgan fingerprint density at radius 3 is 3.10 bits per heavy atom. The van der Waals surface area contributed by atoms with Gasteiger partial charge in [-0.25, -0.2) is 0 Å². The summed E-state index contributed by atoms with van der Waals surface area (Å²) in [7, 11) is 0. The van der Waals surface area contributed by atoms with Gasteiger partial charge in [0.15, 0.2) is 0 Å². The van der Waals surface area contributed by atoms with E-state index in [-0.39, 0.29) is 5.91 Å². The first-order valence-electron chi connectivity index (χ1n) is 6.98. The predicted molar refractivity (Wildman–Crippen MR) is 84.2 cm³/mol. The quantitative estimate of drug-likeness (QED) is 0.789. The van der Waals surface area contributed by atoms with E-state index < -0.39 is 0 Å². The number of pyridine rings is 1. The van der Waals surface area contributed by atoms with Gasteiger partial charge in [0.25, 0.3) is 5.91 Å². The number of fused-ring (bicyclic) bond motifs is 1. The number of amides is 1. The van der Waals surface area contributed by atoms with Crippen LogP contribution >= 0.6 is 15.9 Å². The second kappa shape index (κ2) is 5.92. The number of carbonyl (C=O) groups excluding carboxylic acids is 1. The lowest BCUT2D eigenvalue weighted by Crippen LogP contribution is -2.40. The molecule has 1 saturated heterocycles. The predicted octanol–water partition coefficient (Wildman–Crippen LogP) is 3.48. The molecule has 0 spiro atoms. The van der Waals surface area contributed by atoms with Crippen molar-refractivity contribution in [3.63, 3.8) is 0 Å². The van der Waals surface area contributed by atoms with Gasteiger partial charge in [-0.2, -0.15) is 0 Å². The van der Waals surface area contributed by atoms with Crippen LogP contribution in [0.5, 0.6) is 0 Å². The largest absolute Gasteiger partial charge is 0.338 e. The second-order valence-electron chi connectivity index (χ2n) is 5.29. The molecule has 2 heterocycles. The zero-order chi connectivity index (χ0) is 13.9. The number of carbonyl (C=O) groups is 1. The molecule has 1 aliphatic rings. The van der Waals surface area contributed by atoms with Gasteiger partial charge >= 0.3 is 0 Å². The first kappa shape index (κ1) is 13.6. The molecule has 0 aliphatic carbocycles. The molecule has 20 heavy (non-hydrogen) atoms. The molecule has 3 nitrogen and oxygen atoms in total. The number of aromatic nitrogens is 1. The molecule has 1 unspecified atom stereocenters. The van der Waals surface area contributed by atoms with E-state index in [0.717, 1.165) is 41.3 Å². The van der Waals surface area contributed by atoms with E-state index in [1.165, 1.54) is 6.42 Å². The lowest BCUT2D eigenvalue weighted by molar-refractivity contribution is 0.0688. The van der Waals surface area contributed by atoms with E-state index in [1.54, 1.807) is 6.20 Å². The number of hydrogen-bond donors (Lipinski definition) is 0. The molecule has 0 bridgehead atoms. The van der Waals surface area contributed by atoms with E-state index >= 15 is 0 Å². The van der Waals surface area contributed by atoms with Crippen molar-refractivity contribution >= 4 is 32.7 Å². The highest BCUT2D eigenvalue weighted by molar-refractivity contribution is 9.09. The summed E-state index contributed by atoms with van der Waals surface area (Å²) in [4.78, 5) is 19.1. The SMILES string of the molecule is O=C(c1cccc2ncccc12)N1CCCC(CBr)C1. The van der Waals surface area contributed by atoms with Crippen LogP contribution in [0.2, 0.25) is 0 Å². The molecule has 0 N–H and O–H groups in total. The van der Waals surface area contributed by atoms with E-state index in [1.807, 2.05) is 35.2 Å². The third-order valence-corrected chi connectivity index (χ3v) is 4.82. The van der Waals surface area contributed by atoms with Gasteiger partial charge in [0.05, 0.1) is 5.52 Å². The van der Waals surface area contributed by atoms with Crippen molar-refractivity contribution in [1.29, 1.82) is 0 Å². The van der Waals surface area contributed by atoms with Crippen LogP contribution in [0.15, 0.2) is 36.5 Å². The first-order valence-corrected chi connectivity index (χ1v) is 8.10. The molecule has 0 radical (unpaired) electrons. The summed E-state index contributed by atoms with van der Waals surface area (Å²) in [5, 5.41) is 1.91. The molecular weight excluding hydrogens is 316 g/mol. The maximum Gasteiger partial charge on any atom is 0.254 e. The molecule has 1 atom stereocenters. The average Bonchev–Trinajstić information content (AvgIpc) is 2.53. The van der Waals surface area contributed by atoms with Gasteiger partial charge in [0, 0.05) is 35.6 Å². The Balaban J connectivity index is 1.92. The molecule has 3 rings (SSSR count). The van der Waals surface area contributed by atoms with Crippen molar-refractivity contribution in [2.45, 2.75) is 12.8 Å². The highest BCUT2D eigenvalue weighted by atomic mass is 79.9. The number of nitrogens with zero attached hydrogens (tertiary/aromatic N) is 2. The summed E-state index contributed by atoms with van der Waals surface area (Å²) < 4.78 is 0. The van der Waals surface area contributed by atoms with Crippen molar-refractivity contribution < 1.29 is 4.79 Å². The van der Waals surface area contributed by atoms with Crippen LogP contribution in [-0.2, 0) is 0 Å². The van der Waals surface area contributed by atoms with Crippen molar-refractivity contribution in [3.05, 3.63) is 42.1 Å². The zero-order valence-corrected chi connectivity index (χ0v) is 12.8. The van der Waals surface area contributed by atoms with Crippen LogP contribution in [0.25, 0.3) is 10.9 Å². The minimum Gasteiger partial charge on any atom is -0.338 e. The number of halogens is 1. The van der Waals surface area contributed by atoms with Crippen LogP contribution in [-0.4, -0.2) is 34.2 Å². The van der Waals surface area contributed by atoms with Crippen LogP contribution in [0.4, 0.5) is 0 Å². The summed E-state index contributed by atoms with van der Waals surface area (Å²) in [5.41, 5.74) is 1.65. The topological polar surface area (TPSA) is 33.2 Å². The molecule has 1 amide bonds. The van der Waals surface area contributed by atoms with Crippen molar-refractivity contribution in [2.24, 2.45) is 5.92 Å². The van der Waals surface area contributed by atoms with Gasteiger partial charge in [-0.05, 0) is 37.0 Å². The van der Waals surface area contributed by atoms with Gasteiger partial charge in [-0.1, -0.05) is 28.1 Å². The molecule has 1 fully saturated rings. The fourth-order valence-corrected chi connectivity index (χ4v) is 3.36. The minimum atomic E-state index is 0.134. The fraction of sp³-hybridized carbons (Fsp3) is 0.375. The summed E-state index contributed by atoms with van der Waals surface area (Å²) in [5.74, 6) is 0.704. The molecule has 104 valence electrons. The lowest BCUT2D eigenvalue weighted by atomic mass is 9.98. The van der Waals surface area contributed by atoms with Crippen molar-refractivity contribution in [1.82, 2.24) is 9.88 Å². The Hall–Kier alpha value is -1.42. The highest BCUT2D eigenvalue weighted by Crippen LogP contribution is 2.23. The van der Waals surface area contributed by atoms with E-state index in [0.29, 0.717) is 5.92 Å². The molecule has 2 aromatic rings. The molecule has 1 aliphatic heterocycles. The van der Waals surface area contributed by atoms with Crippen LogP contribution in [0, 0.1) is 5.92 Å². The lowest BCUT2D eigenvalue weighted by Gasteiger charge is -2.32. The Morgan fingerprint density at radius 2 is 2.25 bits per heavy atom. The third-order valence-electron chi connectivity index (χ3n) is 3.90. The smallest absolute Gasteiger partial charge is 0.254 e. The van der Waals surface area contributed by atoms with Crippen LogP contribution < -0.4 is 0 Å². The summed E-state index contributed by atoms with van der Waals surface area (Å²) in [6.07, 6.45) is 4.05. The minimum absolute atomic E-state index is 0.134. The molecule has 0 saturated carbocycles. The summed E-state index contributed by atoms with van der Waals surface area (Å²) in [6.45, 7) is 1.71. The Bertz CT molecular complexity index is 623. The second-order valence-corrected chi connectivity index (χ2v) is 5.94. The number of benzene rings is 1. The van der Waals surface area contributed by atoms with Crippen LogP contribution in [0.1, 0.15) is 23.2 Å². The maximum absolute atomic E-state index is 12.8. The van der Waals surface area contributed by atoms with Gasteiger partial charge < -0.3 is 4.90 Å². The number of alkyl halides is 1. The van der Waals surface area contributed by atoms with E-state index in [9.17, 15) is 4.79 Å². The molecule has 1 aromatic heterocycles. The van der Waals surface area contributed by atoms with Gasteiger partial charge in [-0.3, -0.25) is 9.78 Å². The van der Waals surface area contributed by atoms with Gasteiger partial charge in [0.1, 0.15) is 0 Å². The zero-order valence-electron chi connectivity index (χ0n) is 11.3. The van der Waals surface area contributed by atoms with E-state index in [4.69, 9.17) is 0 Å². The Kier molecular flexibility index (Phi) is 4.01. The van der Waals surface area contributed by atoms with Crippen molar-refractivity contribution in [3.8, 4) is 0 Å². The summed E-state index contributed by atoms with van der Waals surface area (Å²) in [6, 6.07) is 9.63. The highest BCUT2D eigenvalue weighted by Gasteiger charge is 2.24. The van der Waals surface area contributed by atoms with Crippen LogP contribution in [0.3, 0.4) is 0 Å². The molecule has 4 heteroatoms. The average molecular weight is 333 g/mol. The number of piperidine rings is 1. The standard InChI is InChI=1S/C16H17BrN2O/c17-10-12-4-3-9-19(11-12)16(20)14-5-1-7-15-13(14)6-2-8-18-15/h1-2,5-8,12H,3-4,9-11H2. The molecular formula is C16H17BrN2O. The fourth-order valence-electron chi connectivity index (χ4n) is 2.84. The van der Waals surface area contributed by atoms with Crippen molar-refractivity contribution in [2.75, 3.05) is 18.4 Å². The van der Waals surface area contributed by atoms with Gasteiger partial charge in [-0.15, -0.1) is 0 Å². The normalized spacial score (nSPS) is 19.2. The Morgan fingerprint density at radius 1 is 1.35 bits per heavy atom. The van der Waals surface area contributed by atoms with E-state index in [2.05, 4.69) is 20.9 Å². The Labute approximate surface area is 127 Å².